The molecule has 2 rings (SSSR count). The number of aliphatic hydroxyl groups excluding tert-OH is 1. The number of hydrogen-bond donors (Lipinski definition) is 2. The number of hydrogen-bond acceptors (Lipinski definition) is 5. The summed E-state index contributed by atoms with van der Waals surface area (Å²) in [6, 6.07) is -0.136. The third-order valence-electron chi connectivity index (χ3n) is 4.86. The molecule has 7 nitrogen and oxygen atoms in total. The average Bonchev–Trinajstić information content (AvgIpc) is 3.06. The molecule has 0 spiro atoms. The van der Waals surface area contributed by atoms with E-state index in [1.54, 1.807) is 18.7 Å². The fourth-order valence-electron chi connectivity index (χ4n) is 3.35. The SMILES string of the molecule is CC1(C)COC(=O)CCC=CC[C@H](CC(=O)N2CCC[C@H]2CO)C(=O)N1. The van der Waals surface area contributed by atoms with Crippen molar-refractivity contribution >= 4 is 17.8 Å². The van der Waals surface area contributed by atoms with E-state index in [4.69, 9.17) is 4.74 Å². The maximum Gasteiger partial charge on any atom is 0.306 e. The number of aliphatic hydroxyl groups is 1. The smallest absolute Gasteiger partial charge is 0.306 e. The monoisotopic (exact) mass is 366 g/mol. The van der Waals surface area contributed by atoms with E-state index in [9.17, 15) is 19.5 Å². The molecule has 1 saturated heterocycles. The Morgan fingerprint density at radius 2 is 2.15 bits per heavy atom. The van der Waals surface area contributed by atoms with Crippen LogP contribution in [-0.2, 0) is 19.1 Å². The number of likely N-dealkylation sites (tertiary alicyclic amines) is 1. The number of allylic oxidation sites excluding steroid dienone is 2. The Hall–Kier alpha value is -1.89. The van der Waals surface area contributed by atoms with Gasteiger partial charge in [-0.15, -0.1) is 0 Å². The Morgan fingerprint density at radius 3 is 2.88 bits per heavy atom. The van der Waals surface area contributed by atoms with Crippen molar-refractivity contribution in [3.05, 3.63) is 12.2 Å². The Kier molecular flexibility index (Phi) is 7.20. The van der Waals surface area contributed by atoms with E-state index >= 15 is 0 Å². The Labute approximate surface area is 154 Å². The summed E-state index contributed by atoms with van der Waals surface area (Å²) in [6.45, 7) is 4.28. The van der Waals surface area contributed by atoms with Crippen LogP contribution in [0.1, 0.15) is 52.4 Å². The number of carbonyl (C=O) groups excluding carboxylic acids is 3. The Morgan fingerprint density at radius 1 is 1.38 bits per heavy atom. The first kappa shape index (κ1) is 20.4. The molecule has 0 aromatic rings. The van der Waals surface area contributed by atoms with E-state index in [1.165, 1.54) is 0 Å². The average molecular weight is 366 g/mol. The molecule has 146 valence electrons. The van der Waals surface area contributed by atoms with Crippen LogP contribution < -0.4 is 5.32 Å². The van der Waals surface area contributed by atoms with Gasteiger partial charge in [0.1, 0.15) is 6.61 Å². The number of esters is 1. The van der Waals surface area contributed by atoms with Gasteiger partial charge in [-0.3, -0.25) is 14.4 Å². The molecule has 0 radical (unpaired) electrons. The molecule has 0 aliphatic carbocycles. The third-order valence-corrected chi connectivity index (χ3v) is 4.86. The summed E-state index contributed by atoms with van der Waals surface area (Å²) in [5.74, 6) is -1.07. The molecule has 0 saturated carbocycles. The van der Waals surface area contributed by atoms with Crippen molar-refractivity contribution in [3.63, 3.8) is 0 Å². The normalized spacial score (nSPS) is 27.3. The zero-order valence-corrected chi connectivity index (χ0v) is 15.7. The van der Waals surface area contributed by atoms with E-state index in [0.717, 1.165) is 12.8 Å². The van der Waals surface area contributed by atoms with Gasteiger partial charge >= 0.3 is 5.97 Å². The highest BCUT2D eigenvalue weighted by Crippen LogP contribution is 2.22. The van der Waals surface area contributed by atoms with Gasteiger partial charge in [-0.05, 0) is 39.5 Å². The molecule has 2 aliphatic rings. The molecule has 7 heteroatoms. The molecule has 2 atom stereocenters. The standard InChI is InChI=1S/C19H30N2O5/c1-19(2)13-26-17(24)9-5-3-4-7-14(18(25)20-19)11-16(23)21-10-6-8-15(21)12-22/h3-4,14-15,22H,5-13H2,1-2H3,(H,20,25)/t14-,15+/m1/s1. The highest BCUT2D eigenvalue weighted by molar-refractivity contribution is 5.86. The number of nitrogens with one attached hydrogen (secondary N) is 1. The quantitative estimate of drug-likeness (QED) is 0.577. The maximum absolute atomic E-state index is 12.7. The van der Waals surface area contributed by atoms with Crippen LogP contribution in [0.2, 0.25) is 0 Å². The maximum atomic E-state index is 12.7. The number of amides is 2. The predicted octanol–water partition coefficient (Wildman–Crippen LogP) is 1.15. The minimum absolute atomic E-state index is 0.0408. The molecular weight excluding hydrogens is 336 g/mol. The second-order valence-electron chi connectivity index (χ2n) is 7.75. The van der Waals surface area contributed by atoms with Crippen LogP contribution in [0.5, 0.6) is 0 Å². The van der Waals surface area contributed by atoms with Gasteiger partial charge < -0.3 is 20.1 Å². The van der Waals surface area contributed by atoms with E-state index in [2.05, 4.69) is 5.32 Å². The van der Waals surface area contributed by atoms with Crippen LogP contribution in [0.25, 0.3) is 0 Å². The molecule has 2 heterocycles. The van der Waals surface area contributed by atoms with Crippen LogP contribution in [0, 0.1) is 5.92 Å². The molecule has 2 aliphatic heterocycles. The van der Waals surface area contributed by atoms with Crippen LogP contribution in [0.3, 0.4) is 0 Å². The zero-order chi connectivity index (χ0) is 19.2. The number of nitrogens with zero attached hydrogens (tertiary/aromatic N) is 1. The largest absolute Gasteiger partial charge is 0.463 e. The van der Waals surface area contributed by atoms with Crippen molar-refractivity contribution in [2.24, 2.45) is 5.92 Å². The van der Waals surface area contributed by atoms with E-state index < -0.39 is 11.5 Å². The fraction of sp³-hybridized carbons (Fsp3) is 0.737. The number of cyclic esters (lactones) is 1. The lowest BCUT2D eigenvalue weighted by Crippen LogP contribution is -2.50. The predicted molar refractivity (Wildman–Crippen MR) is 96.1 cm³/mol. The van der Waals surface area contributed by atoms with E-state index in [1.807, 2.05) is 12.2 Å². The van der Waals surface area contributed by atoms with Crippen molar-refractivity contribution in [2.75, 3.05) is 19.8 Å². The minimum Gasteiger partial charge on any atom is -0.463 e. The van der Waals surface area contributed by atoms with Crippen molar-refractivity contribution in [1.29, 1.82) is 0 Å². The molecular formula is C19H30N2O5. The van der Waals surface area contributed by atoms with Crippen molar-refractivity contribution in [1.82, 2.24) is 10.2 Å². The van der Waals surface area contributed by atoms with Gasteiger partial charge in [-0.2, -0.15) is 0 Å². The van der Waals surface area contributed by atoms with Gasteiger partial charge in [0.25, 0.3) is 0 Å². The van der Waals surface area contributed by atoms with Crippen LogP contribution in [0.15, 0.2) is 12.2 Å². The summed E-state index contributed by atoms with van der Waals surface area (Å²) in [6.07, 6.45) is 6.81. The van der Waals surface area contributed by atoms with Gasteiger partial charge in [0, 0.05) is 19.4 Å². The topological polar surface area (TPSA) is 95.9 Å². The summed E-state index contributed by atoms with van der Waals surface area (Å²) in [7, 11) is 0. The van der Waals surface area contributed by atoms with Crippen LogP contribution in [-0.4, -0.2) is 59.1 Å². The first-order valence-corrected chi connectivity index (χ1v) is 9.35. The van der Waals surface area contributed by atoms with Crippen molar-refractivity contribution < 1.29 is 24.2 Å². The van der Waals surface area contributed by atoms with Gasteiger partial charge in [-0.1, -0.05) is 12.2 Å². The lowest BCUT2D eigenvalue weighted by molar-refractivity contribution is -0.146. The number of ether oxygens (including phenoxy) is 1. The molecule has 26 heavy (non-hydrogen) atoms. The zero-order valence-electron chi connectivity index (χ0n) is 15.7. The summed E-state index contributed by atoms with van der Waals surface area (Å²) in [4.78, 5) is 38.7. The molecule has 0 aromatic heterocycles. The number of rotatable bonds is 3. The third kappa shape index (κ3) is 5.83. The second-order valence-corrected chi connectivity index (χ2v) is 7.75. The minimum atomic E-state index is -0.696. The summed E-state index contributed by atoms with van der Waals surface area (Å²) in [5.41, 5.74) is -0.696. The molecule has 2 amide bonds. The van der Waals surface area contributed by atoms with Gasteiger partial charge in [0.15, 0.2) is 0 Å². The highest BCUT2D eigenvalue weighted by atomic mass is 16.5. The highest BCUT2D eigenvalue weighted by Gasteiger charge is 2.33. The lowest BCUT2D eigenvalue weighted by atomic mass is 9.96. The van der Waals surface area contributed by atoms with Crippen LogP contribution in [0.4, 0.5) is 0 Å². The fourth-order valence-corrected chi connectivity index (χ4v) is 3.35. The first-order chi connectivity index (χ1) is 12.3. The van der Waals surface area contributed by atoms with Gasteiger partial charge in [0.2, 0.25) is 11.8 Å². The first-order valence-electron chi connectivity index (χ1n) is 9.35. The van der Waals surface area contributed by atoms with Crippen molar-refractivity contribution in [2.45, 2.75) is 64.0 Å². The summed E-state index contributed by atoms with van der Waals surface area (Å²) < 4.78 is 5.21. The van der Waals surface area contributed by atoms with E-state index in [-0.39, 0.29) is 43.5 Å². The van der Waals surface area contributed by atoms with E-state index in [0.29, 0.717) is 25.8 Å². The Bertz CT molecular complexity index is 558. The molecule has 0 unspecified atom stereocenters. The molecule has 2 N–H and O–H groups in total. The summed E-state index contributed by atoms with van der Waals surface area (Å²) in [5, 5.41) is 12.3. The molecule has 1 fully saturated rings. The Balaban J connectivity index is 2.07. The van der Waals surface area contributed by atoms with Gasteiger partial charge in [-0.25, -0.2) is 0 Å². The molecule has 0 aromatic carbocycles. The number of carbonyl (C=O) groups is 3. The van der Waals surface area contributed by atoms with Crippen LogP contribution >= 0.6 is 0 Å². The van der Waals surface area contributed by atoms with Crippen molar-refractivity contribution in [3.8, 4) is 0 Å². The van der Waals surface area contributed by atoms with Gasteiger partial charge in [0.05, 0.1) is 24.1 Å². The molecule has 0 bridgehead atoms. The lowest BCUT2D eigenvalue weighted by Gasteiger charge is -2.29. The summed E-state index contributed by atoms with van der Waals surface area (Å²) >= 11 is 0. The second kappa shape index (κ2) is 9.16.